The minimum atomic E-state index is 0.515. The van der Waals surface area contributed by atoms with Gasteiger partial charge in [0.25, 0.3) is 0 Å². The first-order valence-electron chi connectivity index (χ1n) is 4.36. The standard InChI is InChI=1S/C11H5Br2ClN2/c12-10-9(8(5-15)16-11(10)13)6-1-3-7(14)4-2-6/h1-4,16H. The molecule has 0 radical (unpaired) electrons. The zero-order valence-electron chi connectivity index (χ0n) is 7.89. The molecule has 0 amide bonds. The quantitative estimate of drug-likeness (QED) is 0.784. The Hall–Kier alpha value is -0.760. The predicted molar refractivity (Wildman–Crippen MR) is 71.4 cm³/mol. The van der Waals surface area contributed by atoms with E-state index in [1.807, 2.05) is 12.1 Å². The number of aromatic amines is 1. The Morgan fingerprint density at radius 2 is 1.81 bits per heavy atom. The molecule has 0 saturated heterocycles. The van der Waals surface area contributed by atoms with Crippen LogP contribution in [0.4, 0.5) is 0 Å². The molecular weight excluding hydrogens is 355 g/mol. The summed E-state index contributed by atoms with van der Waals surface area (Å²) >= 11 is 12.6. The SMILES string of the molecule is N#Cc1[nH]c(Br)c(Br)c1-c1ccc(Cl)cc1. The second-order valence-corrected chi connectivity index (χ2v) is 5.14. The minimum Gasteiger partial charge on any atom is -0.340 e. The van der Waals surface area contributed by atoms with E-state index in [1.54, 1.807) is 12.1 Å². The maximum atomic E-state index is 9.02. The molecule has 0 atom stereocenters. The Bertz CT molecular complexity index is 567. The Morgan fingerprint density at radius 3 is 2.38 bits per heavy atom. The van der Waals surface area contributed by atoms with E-state index in [9.17, 15) is 0 Å². The number of halogens is 3. The van der Waals surface area contributed by atoms with Crippen LogP contribution < -0.4 is 0 Å². The third-order valence-corrected chi connectivity index (χ3v) is 4.31. The summed E-state index contributed by atoms with van der Waals surface area (Å²) in [5.41, 5.74) is 2.29. The van der Waals surface area contributed by atoms with Crippen molar-refractivity contribution < 1.29 is 0 Å². The van der Waals surface area contributed by atoms with Crippen molar-refractivity contribution in [2.24, 2.45) is 0 Å². The van der Waals surface area contributed by atoms with Crippen LogP contribution in [0.25, 0.3) is 11.1 Å². The van der Waals surface area contributed by atoms with Crippen LogP contribution in [0, 0.1) is 11.3 Å². The lowest BCUT2D eigenvalue weighted by Gasteiger charge is -2.00. The van der Waals surface area contributed by atoms with Gasteiger partial charge >= 0.3 is 0 Å². The minimum absolute atomic E-state index is 0.515. The zero-order chi connectivity index (χ0) is 11.7. The topological polar surface area (TPSA) is 39.6 Å². The van der Waals surface area contributed by atoms with Crippen LogP contribution in [0.2, 0.25) is 5.02 Å². The van der Waals surface area contributed by atoms with Gasteiger partial charge < -0.3 is 4.98 Å². The normalized spacial score (nSPS) is 10.1. The second kappa shape index (κ2) is 4.62. The molecule has 16 heavy (non-hydrogen) atoms. The van der Waals surface area contributed by atoms with Gasteiger partial charge in [-0.3, -0.25) is 0 Å². The van der Waals surface area contributed by atoms with E-state index < -0.39 is 0 Å². The second-order valence-electron chi connectivity index (χ2n) is 3.12. The zero-order valence-corrected chi connectivity index (χ0v) is 11.8. The van der Waals surface area contributed by atoms with Crippen LogP contribution >= 0.6 is 43.5 Å². The van der Waals surface area contributed by atoms with Crippen LogP contribution in [0.5, 0.6) is 0 Å². The Kier molecular flexibility index (Phi) is 3.38. The van der Waals surface area contributed by atoms with E-state index in [0.29, 0.717) is 10.7 Å². The van der Waals surface area contributed by atoms with Gasteiger partial charge in [0.2, 0.25) is 0 Å². The van der Waals surface area contributed by atoms with Gasteiger partial charge in [-0.15, -0.1) is 0 Å². The summed E-state index contributed by atoms with van der Waals surface area (Å²) in [6, 6.07) is 9.47. The highest BCUT2D eigenvalue weighted by Crippen LogP contribution is 2.37. The Balaban J connectivity index is 2.64. The monoisotopic (exact) mass is 358 g/mol. The van der Waals surface area contributed by atoms with Gasteiger partial charge in [0, 0.05) is 10.6 Å². The van der Waals surface area contributed by atoms with E-state index in [0.717, 1.165) is 20.2 Å². The molecule has 0 aliphatic rings. The van der Waals surface area contributed by atoms with Gasteiger partial charge in [0.1, 0.15) is 11.8 Å². The number of nitrogens with one attached hydrogen (secondary N) is 1. The van der Waals surface area contributed by atoms with Crippen LogP contribution in [0.15, 0.2) is 33.3 Å². The van der Waals surface area contributed by atoms with Crippen molar-refractivity contribution >= 4 is 43.5 Å². The predicted octanol–water partition coefficient (Wildman–Crippen LogP) is 4.73. The number of nitriles is 1. The summed E-state index contributed by atoms with van der Waals surface area (Å²) in [6.45, 7) is 0. The molecule has 0 fully saturated rings. The van der Waals surface area contributed by atoms with E-state index in [4.69, 9.17) is 16.9 Å². The smallest absolute Gasteiger partial charge is 0.127 e. The molecule has 5 heteroatoms. The van der Waals surface area contributed by atoms with Gasteiger partial charge in [-0.1, -0.05) is 23.7 Å². The molecule has 0 aliphatic heterocycles. The first-order valence-corrected chi connectivity index (χ1v) is 6.33. The molecular formula is C11H5Br2ClN2. The molecule has 1 N–H and O–H groups in total. The number of hydrogen-bond donors (Lipinski definition) is 1. The molecule has 2 rings (SSSR count). The fourth-order valence-corrected chi connectivity index (χ4v) is 2.47. The van der Waals surface area contributed by atoms with Crippen LogP contribution in [0.1, 0.15) is 5.69 Å². The van der Waals surface area contributed by atoms with E-state index in [2.05, 4.69) is 42.9 Å². The number of hydrogen-bond acceptors (Lipinski definition) is 1. The van der Waals surface area contributed by atoms with E-state index in [-0.39, 0.29) is 0 Å². The fourth-order valence-electron chi connectivity index (χ4n) is 1.42. The maximum Gasteiger partial charge on any atom is 0.127 e. The van der Waals surface area contributed by atoms with Crippen molar-refractivity contribution in [1.82, 2.24) is 4.98 Å². The van der Waals surface area contributed by atoms with E-state index in [1.165, 1.54) is 0 Å². The third kappa shape index (κ3) is 2.03. The van der Waals surface area contributed by atoms with Crippen molar-refractivity contribution in [2.45, 2.75) is 0 Å². The van der Waals surface area contributed by atoms with Gasteiger partial charge in [0.05, 0.1) is 9.08 Å². The summed E-state index contributed by atoms with van der Waals surface area (Å²) < 4.78 is 1.60. The molecule has 0 spiro atoms. The van der Waals surface area contributed by atoms with Crippen molar-refractivity contribution in [3.63, 3.8) is 0 Å². The Morgan fingerprint density at radius 1 is 1.19 bits per heavy atom. The maximum absolute atomic E-state index is 9.02. The lowest BCUT2D eigenvalue weighted by molar-refractivity contribution is 1.29. The highest BCUT2D eigenvalue weighted by molar-refractivity contribution is 9.13. The van der Waals surface area contributed by atoms with Gasteiger partial charge in [-0.25, -0.2) is 0 Å². The summed E-state index contributed by atoms with van der Waals surface area (Å²) in [6.07, 6.45) is 0. The Labute approximate surface area is 114 Å². The largest absolute Gasteiger partial charge is 0.340 e. The highest BCUT2D eigenvalue weighted by Gasteiger charge is 2.15. The number of rotatable bonds is 1. The average molecular weight is 360 g/mol. The number of aromatic nitrogens is 1. The lowest BCUT2D eigenvalue weighted by Crippen LogP contribution is -1.80. The summed E-state index contributed by atoms with van der Waals surface area (Å²) in [5, 5.41) is 9.70. The molecule has 0 aliphatic carbocycles. The number of benzene rings is 1. The molecule has 0 saturated carbocycles. The molecule has 2 nitrogen and oxygen atoms in total. The summed E-state index contributed by atoms with van der Waals surface area (Å²) in [4.78, 5) is 2.95. The molecule has 80 valence electrons. The summed E-state index contributed by atoms with van der Waals surface area (Å²) in [5.74, 6) is 0. The summed E-state index contributed by atoms with van der Waals surface area (Å²) in [7, 11) is 0. The number of nitrogens with zero attached hydrogens (tertiary/aromatic N) is 1. The first kappa shape index (κ1) is 11.7. The highest BCUT2D eigenvalue weighted by atomic mass is 79.9. The molecule has 0 unspecified atom stereocenters. The van der Waals surface area contributed by atoms with Crippen molar-refractivity contribution in [3.05, 3.63) is 44.1 Å². The molecule has 0 bridgehead atoms. The average Bonchev–Trinajstić information content (AvgIpc) is 2.57. The first-order chi connectivity index (χ1) is 7.63. The lowest BCUT2D eigenvalue weighted by atomic mass is 10.1. The van der Waals surface area contributed by atoms with Crippen LogP contribution in [-0.2, 0) is 0 Å². The van der Waals surface area contributed by atoms with Gasteiger partial charge in [-0.2, -0.15) is 5.26 Å². The van der Waals surface area contributed by atoms with Crippen LogP contribution in [-0.4, -0.2) is 4.98 Å². The van der Waals surface area contributed by atoms with Gasteiger partial charge in [0.15, 0.2) is 0 Å². The van der Waals surface area contributed by atoms with Gasteiger partial charge in [-0.05, 0) is 49.6 Å². The van der Waals surface area contributed by atoms with Crippen molar-refractivity contribution in [3.8, 4) is 17.2 Å². The van der Waals surface area contributed by atoms with Crippen molar-refractivity contribution in [1.29, 1.82) is 5.26 Å². The van der Waals surface area contributed by atoms with Crippen molar-refractivity contribution in [2.75, 3.05) is 0 Å². The molecule has 1 aromatic carbocycles. The molecule has 1 aromatic heterocycles. The molecule has 1 heterocycles. The molecule has 2 aromatic rings. The fraction of sp³-hybridized carbons (Fsp3) is 0. The van der Waals surface area contributed by atoms with E-state index >= 15 is 0 Å². The van der Waals surface area contributed by atoms with Crippen LogP contribution in [0.3, 0.4) is 0 Å². The third-order valence-electron chi connectivity index (χ3n) is 2.14. The number of H-pyrrole nitrogens is 1.